The molecule has 1 aliphatic rings. The van der Waals surface area contributed by atoms with E-state index >= 15 is 0 Å². The molecule has 0 atom stereocenters. The molecular formula is C24H24N2O4. The highest BCUT2D eigenvalue weighted by Crippen LogP contribution is 2.39. The van der Waals surface area contributed by atoms with Gasteiger partial charge in [0.15, 0.2) is 0 Å². The highest BCUT2D eigenvalue weighted by molar-refractivity contribution is 6.14. The Morgan fingerprint density at radius 2 is 1.53 bits per heavy atom. The molecule has 4 rings (SSSR count). The molecule has 2 aromatic carbocycles. The molecule has 6 nitrogen and oxygen atoms in total. The molecule has 1 saturated carbocycles. The molecule has 30 heavy (non-hydrogen) atoms. The van der Waals surface area contributed by atoms with Crippen molar-refractivity contribution in [2.24, 2.45) is 5.92 Å². The van der Waals surface area contributed by atoms with Crippen molar-refractivity contribution in [2.45, 2.75) is 39.2 Å². The molecule has 154 valence electrons. The molecule has 0 N–H and O–H groups in total. The van der Waals surface area contributed by atoms with E-state index in [1.54, 1.807) is 20.8 Å². The molecule has 2 amide bonds. The molecule has 0 bridgehead atoms. The number of hydrogen-bond acceptors (Lipinski definition) is 5. The Morgan fingerprint density at radius 3 is 2.07 bits per heavy atom. The second-order valence-corrected chi connectivity index (χ2v) is 8.33. The Hall–Kier alpha value is -3.41. The van der Waals surface area contributed by atoms with E-state index in [1.807, 2.05) is 60.7 Å². The lowest BCUT2D eigenvalue weighted by molar-refractivity contribution is -0.119. The number of hydrogen-bond donors (Lipinski definition) is 0. The van der Waals surface area contributed by atoms with Gasteiger partial charge in [-0.15, -0.1) is 0 Å². The van der Waals surface area contributed by atoms with Gasteiger partial charge < -0.3 is 9.15 Å². The standard InChI is InChI=1S/C24H24N2O4/c1-24(2,3)30-23(28)26(21(27)18-14-15-18)22-19(16-10-6-4-7-11-16)25-20(29-22)17-12-8-5-9-13-17/h4-13,18H,14-15H2,1-3H3. The van der Waals surface area contributed by atoms with Crippen LogP contribution in [0.5, 0.6) is 0 Å². The van der Waals surface area contributed by atoms with Gasteiger partial charge in [-0.3, -0.25) is 4.79 Å². The van der Waals surface area contributed by atoms with Crippen molar-refractivity contribution in [1.82, 2.24) is 4.98 Å². The largest absolute Gasteiger partial charge is 0.443 e. The molecule has 0 saturated heterocycles. The number of aromatic nitrogens is 1. The van der Waals surface area contributed by atoms with Crippen LogP contribution in [0.1, 0.15) is 33.6 Å². The monoisotopic (exact) mass is 404 g/mol. The fourth-order valence-corrected chi connectivity index (χ4v) is 3.05. The third-order valence-electron chi connectivity index (χ3n) is 4.60. The highest BCUT2D eigenvalue weighted by atomic mass is 16.6. The van der Waals surface area contributed by atoms with Crippen molar-refractivity contribution in [1.29, 1.82) is 0 Å². The van der Waals surface area contributed by atoms with E-state index in [0.717, 1.165) is 28.9 Å². The summed E-state index contributed by atoms with van der Waals surface area (Å²) < 4.78 is 11.6. The zero-order valence-corrected chi connectivity index (χ0v) is 17.3. The first kappa shape index (κ1) is 19.9. The Balaban J connectivity index is 1.85. The number of amides is 2. The molecule has 0 unspecified atom stereocenters. The summed E-state index contributed by atoms with van der Waals surface area (Å²) in [5, 5.41) is 0. The summed E-state index contributed by atoms with van der Waals surface area (Å²) in [6, 6.07) is 18.8. The number of imide groups is 1. The number of ether oxygens (including phenoxy) is 1. The normalized spacial score (nSPS) is 13.7. The number of oxazole rings is 1. The van der Waals surface area contributed by atoms with Gasteiger partial charge in [0.2, 0.25) is 17.7 Å². The van der Waals surface area contributed by atoms with Gasteiger partial charge >= 0.3 is 6.09 Å². The minimum absolute atomic E-state index is 0.0891. The molecule has 0 spiro atoms. The molecule has 1 heterocycles. The first-order chi connectivity index (χ1) is 14.3. The van der Waals surface area contributed by atoms with Crippen LogP contribution in [0.15, 0.2) is 65.1 Å². The Labute approximate surface area is 175 Å². The van der Waals surface area contributed by atoms with Crippen LogP contribution in [0.3, 0.4) is 0 Å². The molecule has 6 heteroatoms. The number of carbonyl (C=O) groups excluding carboxylic acids is 2. The predicted molar refractivity (Wildman–Crippen MR) is 114 cm³/mol. The van der Waals surface area contributed by atoms with Gasteiger partial charge in [0.05, 0.1) is 0 Å². The van der Waals surface area contributed by atoms with E-state index in [0.29, 0.717) is 11.6 Å². The zero-order valence-electron chi connectivity index (χ0n) is 17.3. The van der Waals surface area contributed by atoms with Gasteiger partial charge in [-0.05, 0) is 45.7 Å². The lowest BCUT2D eigenvalue weighted by Crippen LogP contribution is -2.42. The Bertz CT molecular complexity index is 1050. The number of nitrogens with zero attached hydrogens (tertiary/aromatic N) is 2. The van der Waals surface area contributed by atoms with Gasteiger partial charge in [-0.1, -0.05) is 48.5 Å². The molecule has 1 fully saturated rings. The molecular weight excluding hydrogens is 380 g/mol. The number of rotatable bonds is 4. The first-order valence-corrected chi connectivity index (χ1v) is 10.0. The summed E-state index contributed by atoms with van der Waals surface area (Å²) in [6.07, 6.45) is 0.740. The molecule has 3 aromatic rings. The fraction of sp³-hybridized carbons (Fsp3) is 0.292. The second kappa shape index (κ2) is 7.78. The molecule has 0 radical (unpaired) electrons. The Kier molecular flexibility index (Phi) is 5.16. The first-order valence-electron chi connectivity index (χ1n) is 10.0. The van der Waals surface area contributed by atoms with Crippen LogP contribution in [-0.4, -0.2) is 22.6 Å². The smallest absolute Gasteiger partial charge is 0.424 e. The fourth-order valence-electron chi connectivity index (χ4n) is 3.05. The maximum atomic E-state index is 13.1. The van der Waals surface area contributed by atoms with Crippen molar-refractivity contribution < 1.29 is 18.7 Å². The molecule has 0 aliphatic heterocycles. The third-order valence-corrected chi connectivity index (χ3v) is 4.60. The quantitative estimate of drug-likeness (QED) is 0.559. The summed E-state index contributed by atoms with van der Waals surface area (Å²) in [5.41, 5.74) is 1.17. The van der Waals surface area contributed by atoms with Crippen LogP contribution in [0, 0.1) is 5.92 Å². The number of anilines is 1. The van der Waals surface area contributed by atoms with E-state index in [-0.39, 0.29) is 17.7 Å². The lowest BCUT2D eigenvalue weighted by atomic mass is 10.1. The summed E-state index contributed by atoms with van der Waals surface area (Å²) in [7, 11) is 0. The van der Waals surface area contributed by atoms with Crippen LogP contribution in [0.4, 0.5) is 10.7 Å². The topological polar surface area (TPSA) is 72.6 Å². The van der Waals surface area contributed by atoms with Gasteiger partial charge in [-0.25, -0.2) is 9.78 Å². The van der Waals surface area contributed by atoms with Crippen LogP contribution >= 0.6 is 0 Å². The minimum atomic E-state index is -0.757. The van der Waals surface area contributed by atoms with Crippen LogP contribution < -0.4 is 4.90 Å². The maximum absolute atomic E-state index is 13.1. The van der Waals surface area contributed by atoms with Crippen LogP contribution in [-0.2, 0) is 9.53 Å². The van der Waals surface area contributed by atoms with Crippen molar-refractivity contribution in [3.05, 3.63) is 60.7 Å². The zero-order chi connectivity index (χ0) is 21.3. The summed E-state index contributed by atoms with van der Waals surface area (Å²) in [6.45, 7) is 5.29. The highest BCUT2D eigenvalue weighted by Gasteiger charge is 2.42. The van der Waals surface area contributed by atoms with Crippen LogP contribution in [0.25, 0.3) is 22.7 Å². The van der Waals surface area contributed by atoms with Crippen molar-refractivity contribution >= 4 is 17.9 Å². The van der Waals surface area contributed by atoms with E-state index in [1.165, 1.54) is 0 Å². The van der Waals surface area contributed by atoms with Gasteiger partial charge in [0.1, 0.15) is 11.3 Å². The number of carbonyl (C=O) groups is 2. The second-order valence-electron chi connectivity index (χ2n) is 8.33. The maximum Gasteiger partial charge on any atom is 0.424 e. The SMILES string of the molecule is CC(C)(C)OC(=O)N(C(=O)C1CC1)c1oc(-c2ccccc2)nc1-c1ccccc1. The van der Waals surface area contributed by atoms with E-state index < -0.39 is 11.7 Å². The van der Waals surface area contributed by atoms with E-state index in [2.05, 4.69) is 4.98 Å². The summed E-state index contributed by atoms with van der Waals surface area (Å²) in [4.78, 5) is 31.8. The lowest BCUT2D eigenvalue weighted by Gasteiger charge is -2.25. The average molecular weight is 404 g/mol. The van der Waals surface area contributed by atoms with Crippen molar-refractivity contribution in [3.8, 4) is 22.7 Å². The van der Waals surface area contributed by atoms with E-state index in [4.69, 9.17) is 9.15 Å². The van der Waals surface area contributed by atoms with Gasteiger partial charge in [0.25, 0.3) is 0 Å². The number of benzene rings is 2. The van der Waals surface area contributed by atoms with E-state index in [9.17, 15) is 9.59 Å². The summed E-state index contributed by atoms with van der Waals surface area (Å²) >= 11 is 0. The molecule has 1 aromatic heterocycles. The Morgan fingerprint density at radius 1 is 0.967 bits per heavy atom. The predicted octanol–water partition coefficient (Wildman–Crippen LogP) is 5.69. The van der Waals surface area contributed by atoms with Gasteiger partial charge in [-0.2, -0.15) is 4.90 Å². The van der Waals surface area contributed by atoms with Crippen LogP contribution in [0.2, 0.25) is 0 Å². The third kappa shape index (κ3) is 4.27. The minimum Gasteiger partial charge on any atom is -0.443 e. The van der Waals surface area contributed by atoms with Crippen molar-refractivity contribution in [2.75, 3.05) is 4.90 Å². The average Bonchev–Trinajstić information content (AvgIpc) is 3.48. The van der Waals surface area contributed by atoms with Gasteiger partial charge in [0, 0.05) is 17.0 Å². The van der Waals surface area contributed by atoms with Crippen molar-refractivity contribution in [3.63, 3.8) is 0 Å². The molecule has 1 aliphatic carbocycles. The summed E-state index contributed by atoms with van der Waals surface area (Å²) in [5.74, 6) is -0.101.